The van der Waals surface area contributed by atoms with Gasteiger partial charge in [-0.15, -0.1) is 0 Å². The number of amides is 2. The Kier molecular flexibility index (Phi) is 4.69. The van der Waals surface area contributed by atoms with E-state index in [0.29, 0.717) is 11.3 Å². The Morgan fingerprint density at radius 1 is 1.32 bits per heavy atom. The molecular formula is C14H14F3N3O2. The first-order valence-electron chi connectivity index (χ1n) is 6.44. The van der Waals surface area contributed by atoms with E-state index >= 15 is 0 Å². The highest BCUT2D eigenvalue weighted by molar-refractivity contribution is 5.74. The van der Waals surface area contributed by atoms with E-state index in [-0.39, 0.29) is 12.1 Å². The van der Waals surface area contributed by atoms with E-state index in [1.165, 1.54) is 30.5 Å². The van der Waals surface area contributed by atoms with Crippen LogP contribution in [0.2, 0.25) is 0 Å². The van der Waals surface area contributed by atoms with Crippen LogP contribution in [0.4, 0.5) is 18.0 Å². The average molecular weight is 313 g/mol. The van der Waals surface area contributed by atoms with Gasteiger partial charge in [0.05, 0.1) is 6.20 Å². The predicted octanol–water partition coefficient (Wildman–Crippen LogP) is 3.09. The quantitative estimate of drug-likeness (QED) is 0.911. The first-order chi connectivity index (χ1) is 10.4. The third kappa shape index (κ3) is 4.00. The third-order valence-electron chi connectivity index (χ3n) is 3.03. The molecule has 118 valence electrons. The lowest BCUT2D eigenvalue weighted by Crippen LogP contribution is -2.43. The lowest BCUT2D eigenvalue weighted by molar-refractivity contribution is -0.154. The van der Waals surface area contributed by atoms with Gasteiger partial charge in [0, 0.05) is 12.1 Å². The summed E-state index contributed by atoms with van der Waals surface area (Å²) in [4.78, 5) is 11.7. The van der Waals surface area contributed by atoms with Crippen molar-refractivity contribution in [2.24, 2.45) is 0 Å². The number of carbonyl (C=O) groups is 1. The van der Waals surface area contributed by atoms with E-state index in [0.717, 1.165) is 0 Å². The number of rotatable bonds is 4. The molecule has 0 bridgehead atoms. The molecule has 0 aliphatic rings. The van der Waals surface area contributed by atoms with Gasteiger partial charge in [0.1, 0.15) is 5.76 Å². The molecular weight excluding hydrogens is 299 g/mol. The van der Waals surface area contributed by atoms with Crippen LogP contribution in [0, 0.1) is 6.92 Å². The van der Waals surface area contributed by atoms with Crippen LogP contribution in [-0.4, -0.2) is 17.4 Å². The first-order valence-corrected chi connectivity index (χ1v) is 6.44. The summed E-state index contributed by atoms with van der Waals surface area (Å²) in [6.45, 7) is 1.67. The Bertz CT molecular complexity index is 626. The molecule has 22 heavy (non-hydrogen) atoms. The van der Waals surface area contributed by atoms with Gasteiger partial charge in [0.2, 0.25) is 0 Å². The number of carbonyl (C=O) groups excluding carboxylic acids is 1. The van der Waals surface area contributed by atoms with E-state index in [1.54, 1.807) is 13.0 Å². The molecule has 1 atom stereocenters. The monoisotopic (exact) mass is 313 g/mol. The number of nitrogens with zero attached hydrogens (tertiary/aromatic N) is 1. The Labute approximate surface area is 124 Å². The maximum Gasteiger partial charge on any atom is 0.412 e. The SMILES string of the molecule is Cc1oncc1CNC(=O)NC(c1ccccc1)C(F)(F)F. The smallest absolute Gasteiger partial charge is 0.361 e. The largest absolute Gasteiger partial charge is 0.412 e. The first kappa shape index (κ1) is 15.9. The second kappa shape index (κ2) is 6.50. The minimum atomic E-state index is -4.59. The van der Waals surface area contributed by atoms with Crippen LogP contribution in [-0.2, 0) is 6.54 Å². The summed E-state index contributed by atoms with van der Waals surface area (Å²) in [6.07, 6.45) is -3.19. The molecule has 0 aliphatic heterocycles. The normalized spacial score (nSPS) is 12.7. The average Bonchev–Trinajstić information content (AvgIpc) is 2.87. The van der Waals surface area contributed by atoms with Crippen LogP contribution in [0.15, 0.2) is 41.1 Å². The molecule has 1 aromatic heterocycles. The van der Waals surface area contributed by atoms with Gasteiger partial charge in [-0.3, -0.25) is 0 Å². The maximum atomic E-state index is 13.1. The Morgan fingerprint density at radius 3 is 2.55 bits per heavy atom. The Balaban J connectivity index is 2.01. The molecule has 0 aliphatic carbocycles. The number of aromatic nitrogens is 1. The van der Waals surface area contributed by atoms with Gasteiger partial charge in [-0.25, -0.2) is 4.79 Å². The summed E-state index contributed by atoms with van der Waals surface area (Å²) in [6, 6.07) is 4.18. The van der Waals surface area contributed by atoms with E-state index in [9.17, 15) is 18.0 Å². The van der Waals surface area contributed by atoms with Crippen molar-refractivity contribution in [1.29, 1.82) is 0 Å². The van der Waals surface area contributed by atoms with Crippen LogP contribution in [0.25, 0.3) is 0 Å². The summed E-state index contributed by atoms with van der Waals surface area (Å²) in [5, 5.41) is 7.80. The van der Waals surface area contributed by atoms with E-state index < -0.39 is 18.2 Å². The van der Waals surface area contributed by atoms with E-state index in [2.05, 4.69) is 10.5 Å². The number of halogens is 3. The van der Waals surface area contributed by atoms with Gasteiger partial charge in [-0.2, -0.15) is 13.2 Å². The number of aryl methyl sites for hydroxylation is 1. The number of benzene rings is 1. The highest BCUT2D eigenvalue weighted by Crippen LogP contribution is 2.32. The highest BCUT2D eigenvalue weighted by atomic mass is 19.4. The maximum absolute atomic E-state index is 13.1. The number of hydrogen-bond donors (Lipinski definition) is 2. The van der Waals surface area contributed by atoms with Gasteiger partial charge in [0.15, 0.2) is 6.04 Å². The summed E-state index contributed by atoms with van der Waals surface area (Å²) >= 11 is 0. The van der Waals surface area contributed by atoms with Crippen molar-refractivity contribution in [2.75, 3.05) is 0 Å². The molecule has 2 amide bonds. The molecule has 0 spiro atoms. The lowest BCUT2D eigenvalue weighted by atomic mass is 10.1. The van der Waals surface area contributed by atoms with E-state index in [4.69, 9.17) is 4.52 Å². The van der Waals surface area contributed by atoms with Crippen molar-refractivity contribution in [3.05, 3.63) is 53.4 Å². The van der Waals surface area contributed by atoms with Gasteiger partial charge in [-0.05, 0) is 12.5 Å². The van der Waals surface area contributed by atoms with Crippen LogP contribution in [0.3, 0.4) is 0 Å². The highest BCUT2D eigenvalue weighted by Gasteiger charge is 2.41. The molecule has 1 aromatic carbocycles. The van der Waals surface area contributed by atoms with Crippen molar-refractivity contribution in [1.82, 2.24) is 15.8 Å². The molecule has 2 rings (SSSR count). The van der Waals surface area contributed by atoms with Gasteiger partial charge >= 0.3 is 12.2 Å². The number of nitrogens with one attached hydrogen (secondary N) is 2. The van der Waals surface area contributed by atoms with Crippen LogP contribution >= 0.6 is 0 Å². The zero-order valence-electron chi connectivity index (χ0n) is 11.6. The standard InChI is InChI=1S/C14H14F3N3O2/c1-9-11(8-19-22-9)7-18-13(21)20-12(14(15,16)17)10-5-3-2-4-6-10/h2-6,8,12H,7H2,1H3,(H2,18,20,21). The Hall–Kier alpha value is -2.51. The molecule has 0 fully saturated rings. The second-order valence-corrected chi connectivity index (χ2v) is 4.62. The summed E-state index contributed by atoms with van der Waals surface area (Å²) in [5.74, 6) is 0.496. The Morgan fingerprint density at radius 2 is 2.00 bits per heavy atom. The fourth-order valence-electron chi connectivity index (χ4n) is 1.85. The van der Waals surface area contributed by atoms with Crippen molar-refractivity contribution in [2.45, 2.75) is 25.7 Å². The molecule has 5 nitrogen and oxygen atoms in total. The topological polar surface area (TPSA) is 67.2 Å². The number of alkyl halides is 3. The number of hydrogen-bond acceptors (Lipinski definition) is 3. The second-order valence-electron chi connectivity index (χ2n) is 4.62. The van der Waals surface area contributed by atoms with Crippen LogP contribution in [0.5, 0.6) is 0 Å². The molecule has 0 radical (unpaired) electrons. The van der Waals surface area contributed by atoms with Crippen molar-refractivity contribution in [3.8, 4) is 0 Å². The van der Waals surface area contributed by atoms with Crippen molar-refractivity contribution in [3.63, 3.8) is 0 Å². The van der Waals surface area contributed by atoms with Crippen LogP contribution in [0.1, 0.15) is 22.9 Å². The summed E-state index contributed by atoms with van der Waals surface area (Å²) in [5.41, 5.74) is 0.560. The summed E-state index contributed by atoms with van der Waals surface area (Å²) in [7, 11) is 0. The van der Waals surface area contributed by atoms with Crippen molar-refractivity contribution < 1.29 is 22.5 Å². The van der Waals surface area contributed by atoms with Crippen LogP contribution < -0.4 is 10.6 Å². The fraction of sp³-hybridized carbons (Fsp3) is 0.286. The molecule has 1 heterocycles. The van der Waals surface area contributed by atoms with E-state index in [1.807, 2.05) is 5.32 Å². The summed E-state index contributed by atoms with van der Waals surface area (Å²) < 4.78 is 44.0. The predicted molar refractivity (Wildman–Crippen MR) is 71.8 cm³/mol. The minimum absolute atomic E-state index is 0.0283. The molecule has 2 N–H and O–H groups in total. The van der Waals surface area contributed by atoms with Gasteiger partial charge < -0.3 is 15.2 Å². The molecule has 0 saturated carbocycles. The van der Waals surface area contributed by atoms with Gasteiger partial charge in [0.25, 0.3) is 0 Å². The minimum Gasteiger partial charge on any atom is -0.361 e. The zero-order chi connectivity index (χ0) is 16.2. The lowest BCUT2D eigenvalue weighted by Gasteiger charge is -2.22. The molecule has 0 saturated heterocycles. The molecule has 8 heteroatoms. The number of urea groups is 1. The van der Waals surface area contributed by atoms with Crippen molar-refractivity contribution >= 4 is 6.03 Å². The third-order valence-corrected chi connectivity index (χ3v) is 3.03. The molecule has 1 unspecified atom stereocenters. The molecule has 2 aromatic rings. The fourth-order valence-corrected chi connectivity index (χ4v) is 1.85. The van der Waals surface area contributed by atoms with Gasteiger partial charge in [-0.1, -0.05) is 35.5 Å². The zero-order valence-corrected chi connectivity index (χ0v) is 11.6.